The van der Waals surface area contributed by atoms with Crippen molar-refractivity contribution in [1.29, 1.82) is 0 Å². The van der Waals surface area contributed by atoms with Crippen molar-refractivity contribution in [2.75, 3.05) is 17.7 Å². The zero-order chi connectivity index (χ0) is 21.5. The van der Waals surface area contributed by atoms with E-state index in [2.05, 4.69) is 54.7 Å². The molecular formula is C22H20N8O. The quantitative estimate of drug-likeness (QED) is 0.497. The molecule has 31 heavy (non-hydrogen) atoms. The fourth-order valence-corrected chi connectivity index (χ4v) is 3.53. The van der Waals surface area contributed by atoms with Crippen LogP contribution in [0.15, 0.2) is 30.7 Å². The summed E-state index contributed by atoms with van der Waals surface area (Å²) in [6.07, 6.45) is 6.13. The number of nitrogens with one attached hydrogen (secondary N) is 2. The predicted molar refractivity (Wildman–Crippen MR) is 117 cm³/mol. The third-order valence-corrected chi connectivity index (χ3v) is 5.52. The fourth-order valence-electron chi connectivity index (χ4n) is 3.53. The minimum atomic E-state index is -0.0225. The highest BCUT2D eigenvalue weighted by Crippen LogP contribution is 2.38. The van der Waals surface area contributed by atoms with Gasteiger partial charge in [-0.2, -0.15) is 5.10 Å². The van der Waals surface area contributed by atoms with E-state index in [1.54, 1.807) is 36.4 Å². The highest BCUT2D eigenvalue weighted by molar-refractivity contribution is 5.97. The van der Waals surface area contributed by atoms with Crippen molar-refractivity contribution < 1.29 is 4.79 Å². The molecule has 1 aliphatic rings. The van der Waals surface area contributed by atoms with Crippen LogP contribution in [0.5, 0.6) is 0 Å². The first kappa shape index (κ1) is 18.9. The van der Waals surface area contributed by atoms with Gasteiger partial charge >= 0.3 is 0 Å². The molecule has 1 aliphatic carbocycles. The molecule has 0 aromatic carbocycles. The van der Waals surface area contributed by atoms with Gasteiger partial charge in [-0.25, -0.2) is 9.97 Å². The van der Waals surface area contributed by atoms with Crippen LogP contribution in [-0.2, 0) is 11.8 Å². The normalized spacial score (nSPS) is 17.3. The van der Waals surface area contributed by atoms with Crippen LogP contribution in [0.4, 0.5) is 11.6 Å². The van der Waals surface area contributed by atoms with Gasteiger partial charge in [0.2, 0.25) is 5.91 Å². The Hall–Kier alpha value is -4.06. The summed E-state index contributed by atoms with van der Waals surface area (Å²) in [6.45, 7) is 2.06. The maximum Gasteiger partial charge on any atom is 0.228 e. The van der Waals surface area contributed by atoms with E-state index in [4.69, 9.17) is 0 Å². The largest absolute Gasteiger partial charge is 0.371 e. The molecule has 154 valence electrons. The summed E-state index contributed by atoms with van der Waals surface area (Å²) in [6, 6.07) is 3.69. The van der Waals surface area contributed by atoms with Crippen LogP contribution in [-0.4, -0.2) is 42.9 Å². The SMILES string of the molecule is CNc1ncc(C#Cc2cc3cnn(C)c3cn2)c2cc(NC(=O)[C@H]3C[C@H]3C)nnc12. The first-order chi connectivity index (χ1) is 15.0. The standard InChI is InChI=1S/C22H20N8O/c1-12-6-16(12)22(31)27-19-8-17-13(9-25-21(23-2)20(17)29-28-19)4-5-15-7-14-10-26-30(3)18(14)11-24-15/h7-12,16H,6H2,1-3H3,(H,23,25)(H,27,28,31)/t12-,16+/m1/s1. The summed E-state index contributed by atoms with van der Waals surface area (Å²) in [5.74, 6) is 7.68. The minimum Gasteiger partial charge on any atom is -0.371 e. The van der Waals surface area contributed by atoms with Gasteiger partial charge < -0.3 is 10.6 Å². The monoisotopic (exact) mass is 412 g/mol. The molecule has 4 aromatic heterocycles. The number of anilines is 2. The van der Waals surface area contributed by atoms with Crippen molar-refractivity contribution in [1.82, 2.24) is 29.9 Å². The van der Waals surface area contributed by atoms with Crippen molar-refractivity contribution in [2.45, 2.75) is 13.3 Å². The Morgan fingerprint density at radius 3 is 2.77 bits per heavy atom. The van der Waals surface area contributed by atoms with Crippen molar-refractivity contribution in [2.24, 2.45) is 18.9 Å². The number of fused-ring (bicyclic) bond motifs is 2. The second kappa shape index (κ2) is 7.32. The molecule has 0 spiro atoms. The van der Waals surface area contributed by atoms with Crippen LogP contribution in [0.2, 0.25) is 0 Å². The van der Waals surface area contributed by atoms with Gasteiger partial charge in [-0.05, 0) is 30.4 Å². The Kier molecular flexibility index (Phi) is 4.47. The van der Waals surface area contributed by atoms with Crippen LogP contribution >= 0.6 is 0 Å². The van der Waals surface area contributed by atoms with Crippen molar-refractivity contribution in [3.05, 3.63) is 42.0 Å². The van der Waals surface area contributed by atoms with Gasteiger partial charge in [0.15, 0.2) is 11.6 Å². The second-order valence-corrected chi connectivity index (χ2v) is 7.72. The summed E-state index contributed by atoms with van der Waals surface area (Å²) < 4.78 is 1.77. The van der Waals surface area contributed by atoms with Gasteiger partial charge in [0, 0.05) is 37.0 Å². The Morgan fingerprint density at radius 1 is 1.16 bits per heavy atom. The lowest BCUT2D eigenvalue weighted by Crippen LogP contribution is -2.16. The molecule has 2 atom stereocenters. The van der Waals surface area contributed by atoms with E-state index in [0.717, 1.165) is 22.7 Å². The maximum absolute atomic E-state index is 12.3. The Bertz CT molecular complexity index is 1400. The number of aryl methyl sites for hydroxylation is 1. The van der Waals surface area contributed by atoms with E-state index >= 15 is 0 Å². The van der Waals surface area contributed by atoms with Crippen LogP contribution in [0, 0.1) is 23.7 Å². The highest BCUT2D eigenvalue weighted by atomic mass is 16.2. The summed E-state index contributed by atoms with van der Waals surface area (Å²) in [5, 5.41) is 20.3. The number of rotatable bonds is 3. The molecule has 9 nitrogen and oxygen atoms in total. The first-order valence-electron chi connectivity index (χ1n) is 9.98. The first-order valence-corrected chi connectivity index (χ1v) is 9.98. The lowest BCUT2D eigenvalue weighted by atomic mass is 10.1. The molecule has 4 aromatic rings. The minimum absolute atomic E-state index is 0.0225. The zero-order valence-corrected chi connectivity index (χ0v) is 17.3. The topological polar surface area (TPSA) is 111 Å². The summed E-state index contributed by atoms with van der Waals surface area (Å²) >= 11 is 0. The van der Waals surface area contributed by atoms with E-state index in [1.807, 2.05) is 13.1 Å². The Morgan fingerprint density at radius 2 is 2.00 bits per heavy atom. The number of amides is 1. The van der Waals surface area contributed by atoms with Crippen molar-refractivity contribution in [3.8, 4) is 11.8 Å². The van der Waals surface area contributed by atoms with Gasteiger partial charge in [-0.3, -0.25) is 9.48 Å². The summed E-state index contributed by atoms with van der Waals surface area (Å²) in [5.41, 5.74) is 2.83. The molecule has 2 N–H and O–H groups in total. The molecule has 1 amide bonds. The second-order valence-electron chi connectivity index (χ2n) is 7.72. The number of carbonyl (C=O) groups is 1. The van der Waals surface area contributed by atoms with Gasteiger partial charge in [-0.1, -0.05) is 12.8 Å². The van der Waals surface area contributed by atoms with Crippen molar-refractivity contribution >= 4 is 39.3 Å². The van der Waals surface area contributed by atoms with Gasteiger partial charge in [0.05, 0.1) is 23.5 Å². The molecule has 0 aliphatic heterocycles. The van der Waals surface area contributed by atoms with E-state index in [1.165, 1.54) is 0 Å². The lowest BCUT2D eigenvalue weighted by Gasteiger charge is -2.08. The average Bonchev–Trinajstić information content (AvgIpc) is 3.41. The fraction of sp³-hybridized carbons (Fsp3) is 0.273. The van der Waals surface area contributed by atoms with Crippen LogP contribution in [0.3, 0.4) is 0 Å². The van der Waals surface area contributed by atoms with Crippen LogP contribution in [0.1, 0.15) is 24.6 Å². The van der Waals surface area contributed by atoms with E-state index < -0.39 is 0 Å². The maximum atomic E-state index is 12.3. The summed E-state index contributed by atoms with van der Waals surface area (Å²) in [7, 11) is 3.64. The molecule has 9 heteroatoms. The van der Waals surface area contributed by atoms with Crippen LogP contribution in [0.25, 0.3) is 21.8 Å². The van der Waals surface area contributed by atoms with E-state index in [9.17, 15) is 4.79 Å². The molecule has 1 saturated carbocycles. The number of carbonyl (C=O) groups excluding carboxylic acids is 1. The number of aromatic nitrogens is 6. The average molecular weight is 412 g/mol. The van der Waals surface area contributed by atoms with Crippen LogP contribution < -0.4 is 10.6 Å². The Labute approximate surface area is 178 Å². The molecule has 0 saturated heterocycles. The number of pyridine rings is 2. The number of nitrogens with zero attached hydrogens (tertiary/aromatic N) is 6. The van der Waals surface area contributed by atoms with E-state index in [-0.39, 0.29) is 11.8 Å². The summed E-state index contributed by atoms with van der Waals surface area (Å²) in [4.78, 5) is 21.1. The number of hydrogen-bond acceptors (Lipinski definition) is 7. The smallest absolute Gasteiger partial charge is 0.228 e. The van der Waals surface area contributed by atoms with Gasteiger partial charge in [-0.15, -0.1) is 10.2 Å². The molecule has 0 radical (unpaired) electrons. The number of hydrogen-bond donors (Lipinski definition) is 2. The molecule has 0 bridgehead atoms. The van der Waals surface area contributed by atoms with Gasteiger partial charge in [0.25, 0.3) is 0 Å². The highest BCUT2D eigenvalue weighted by Gasteiger charge is 2.39. The Balaban J connectivity index is 1.53. The lowest BCUT2D eigenvalue weighted by molar-refractivity contribution is -0.117. The van der Waals surface area contributed by atoms with Gasteiger partial charge in [0.1, 0.15) is 11.2 Å². The molecular weight excluding hydrogens is 392 g/mol. The third kappa shape index (κ3) is 3.53. The predicted octanol–water partition coefficient (Wildman–Crippen LogP) is 2.34. The zero-order valence-electron chi connectivity index (χ0n) is 17.3. The third-order valence-electron chi connectivity index (χ3n) is 5.52. The molecule has 0 unspecified atom stereocenters. The van der Waals surface area contributed by atoms with E-state index in [0.29, 0.717) is 34.3 Å². The molecule has 1 fully saturated rings. The molecule has 5 rings (SSSR count). The van der Waals surface area contributed by atoms with Crippen molar-refractivity contribution in [3.63, 3.8) is 0 Å². The molecule has 4 heterocycles.